The van der Waals surface area contributed by atoms with Crippen molar-refractivity contribution in [3.05, 3.63) is 23.8 Å². The van der Waals surface area contributed by atoms with E-state index in [0.29, 0.717) is 43.5 Å². The van der Waals surface area contributed by atoms with Gasteiger partial charge in [0, 0.05) is 13.1 Å². The highest BCUT2D eigenvalue weighted by Gasteiger charge is 2.15. The van der Waals surface area contributed by atoms with Gasteiger partial charge in [0.1, 0.15) is 0 Å². The van der Waals surface area contributed by atoms with E-state index in [1.165, 1.54) is 0 Å². The van der Waals surface area contributed by atoms with Crippen LogP contribution in [0.15, 0.2) is 18.2 Å². The zero-order valence-corrected chi connectivity index (χ0v) is 13.4. The molecule has 21 heavy (non-hydrogen) atoms. The molecule has 0 bridgehead atoms. The summed E-state index contributed by atoms with van der Waals surface area (Å²) in [6.45, 7) is 6.00. The van der Waals surface area contributed by atoms with E-state index in [1.807, 2.05) is 36.9 Å². The fourth-order valence-electron chi connectivity index (χ4n) is 2.14. The van der Waals surface area contributed by atoms with Crippen molar-refractivity contribution in [3.63, 3.8) is 0 Å². The molecule has 5 nitrogen and oxygen atoms in total. The number of benzene rings is 1. The van der Waals surface area contributed by atoms with Crippen molar-refractivity contribution in [2.45, 2.75) is 20.3 Å². The minimum absolute atomic E-state index is 0.102. The van der Waals surface area contributed by atoms with Crippen molar-refractivity contribution in [2.24, 2.45) is 11.7 Å². The number of likely N-dealkylation sites (N-methyl/N-ethyl adjacent to an activating group) is 1. The van der Waals surface area contributed by atoms with Gasteiger partial charge in [-0.3, -0.25) is 4.79 Å². The fourth-order valence-corrected chi connectivity index (χ4v) is 2.14. The van der Waals surface area contributed by atoms with E-state index in [-0.39, 0.29) is 5.91 Å². The molecule has 0 radical (unpaired) electrons. The van der Waals surface area contributed by atoms with Crippen LogP contribution in [0.2, 0.25) is 0 Å². The second-order valence-electron chi connectivity index (χ2n) is 5.14. The quantitative estimate of drug-likeness (QED) is 0.792. The Labute approximate surface area is 127 Å². The van der Waals surface area contributed by atoms with E-state index >= 15 is 0 Å². The second-order valence-corrected chi connectivity index (χ2v) is 5.14. The molecule has 1 rings (SSSR count). The topological polar surface area (TPSA) is 64.8 Å². The number of nitrogens with two attached hydrogens (primary N) is 1. The molecule has 0 aliphatic rings. The zero-order valence-electron chi connectivity index (χ0n) is 13.4. The summed E-state index contributed by atoms with van der Waals surface area (Å²) in [5.74, 6) is 1.71. The molecule has 1 aromatic carbocycles. The van der Waals surface area contributed by atoms with Crippen LogP contribution in [0.3, 0.4) is 0 Å². The monoisotopic (exact) mass is 294 g/mol. The second kappa shape index (κ2) is 8.52. The maximum absolute atomic E-state index is 12.4. The van der Waals surface area contributed by atoms with Gasteiger partial charge in [-0.25, -0.2) is 0 Å². The van der Waals surface area contributed by atoms with Crippen LogP contribution in [0.25, 0.3) is 0 Å². The van der Waals surface area contributed by atoms with Gasteiger partial charge in [-0.05, 0) is 37.1 Å². The summed E-state index contributed by atoms with van der Waals surface area (Å²) in [4.78, 5) is 14.2. The third kappa shape index (κ3) is 4.93. The molecule has 5 heteroatoms. The Morgan fingerprint density at radius 1 is 1.29 bits per heavy atom. The van der Waals surface area contributed by atoms with Crippen LogP contribution in [0, 0.1) is 5.92 Å². The Hall–Kier alpha value is -1.75. The lowest BCUT2D eigenvalue weighted by atomic mass is 10.1. The molecule has 0 spiro atoms. The van der Waals surface area contributed by atoms with Crippen LogP contribution in [-0.4, -0.2) is 44.7 Å². The van der Waals surface area contributed by atoms with E-state index in [2.05, 4.69) is 0 Å². The first-order valence-electron chi connectivity index (χ1n) is 7.24. The molecule has 0 aromatic heterocycles. The van der Waals surface area contributed by atoms with E-state index < -0.39 is 0 Å². The van der Waals surface area contributed by atoms with Crippen molar-refractivity contribution in [2.75, 3.05) is 33.9 Å². The largest absolute Gasteiger partial charge is 0.493 e. The van der Waals surface area contributed by atoms with Gasteiger partial charge in [0.25, 0.3) is 0 Å². The lowest BCUT2D eigenvalue weighted by Crippen LogP contribution is -2.37. The minimum atomic E-state index is 0.102. The molecule has 0 saturated heterocycles. The highest BCUT2D eigenvalue weighted by atomic mass is 16.5. The van der Waals surface area contributed by atoms with Gasteiger partial charge in [0.2, 0.25) is 5.91 Å². The van der Waals surface area contributed by atoms with Crippen molar-refractivity contribution in [3.8, 4) is 11.5 Å². The van der Waals surface area contributed by atoms with Gasteiger partial charge in [-0.2, -0.15) is 0 Å². The van der Waals surface area contributed by atoms with Crippen LogP contribution >= 0.6 is 0 Å². The highest BCUT2D eigenvalue weighted by Crippen LogP contribution is 2.27. The molecule has 1 unspecified atom stereocenters. The summed E-state index contributed by atoms with van der Waals surface area (Å²) in [5, 5.41) is 0. The Morgan fingerprint density at radius 2 is 1.95 bits per heavy atom. The average Bonchev–Trinajstić information content (AvgIpc) is 2.51. The van der Waals surface area contributed by atoms with E-state index in [1.54, 1.807) is 14.2 Å². The molecule has 0 saturated carbocycles. The molecule has 0 heterocycles. The Morgan fingerprint density at radius 3 is 2.48 bits per heavy atom. The number of methoxy groups -OCH3 is 2. The first kappa shape index (κ1) is 17.3. The molecule has 0 aliphatic heterocycles. The van der Waals surface area contributed by atoms with Crippen LogP contribution < -0.4 is 15.2 Å². The average molecular weight is 294 g/mol. The molecule has 0 aliphatic carbocycles. The Balaban J connectivity index is 2.77. The van der Waals surface area contributed by atoms with Crippen molar-refractivity contribution in [1.82, 2.24) is 4.90 Å². The lowest BCUT2D eigenvalue weighted by molar-refractivity contribution is -0.130. The van der Waals surface area contributed by atoms with Crippen LogP contribution in [0.4, 0.5) is 0 Å². The van der Waals surface area contributed by atoms with Crippen molar-refractivity contribution in [1.29, 1.82) is 0 Å². The number of ether oxygens (including phenoxy) is 2. The van der Waals surface area contributed by atoms with E-state index in [4.69, 9.17) is 15.2 Å². The fraction of sp³-hybridized carbons (Fsp3) is 0.562. The summed E-state index contributed by atoms with van der Waals surface area (Å²) in [6.07, 6.45) is 0.353. The smallest absolute Gasteiger partial charge is 0.226 e. The molecule has 118 valence electrons. The standard InChI is InChI=1S/C16H26N2O3/c1-5-18(11-12(2)10-17)16(19)9-13-6-7-14(20-3)15(8-13)21-4/h6-8,12H,5,9-11,17H2,1-4H3. The predicted molar refractivity (Wildman–Crippen MR) is 83.7 cm³/mol. The van der Waals surface area contributed by atoms with Crippen LogP contribution in [-0.2, 0) is 11.2 Å². The molecule has 1 atom stereocenters. The normalized spacial score (nSPS) is 11.9. The van der Waals surface area contributed by atoms with Gasteiger partial charge in [-0.1, -0.05) is 13.0 Å². The van der Waals surface area contributed by atoms with Gasteiger partial charge in [0.05, 0.1) is 20.6 Å². The van der Waals surface area contributed by atoms with Gasteiger partial charge in [0.15, 0.2) is 11.5 Å². The number of hydrogen-bond donors (Lipinski definition) is 1. The lowest BCUT2D eigenvalue weighted by Gasteiger charge is -2.24. The first-order valence-corrected chi connectivity index (χ1v) is 7.24. The predicted octanol–water partition coefficient (Wildman–Crippen LogP) is 1.69. The Bertz CT molecular complexity index is 463. The third-order valence-corrected chi connectivity index (χ3v) is 3.47. The van der Waals surface area contributed by atoms with E-state index in [9.17, 15) is 4.79 Å². The summed E-state index contributed by atoms with van der Waals surface area (Å²) in [5.41, 5.74) is 6.54. The molecular formula is C16H26N2O3. The highest BCUT2D eigenvalue weighted by molar-refractivity contribution is 5.79. The maximum Gasteiger partial charge on any atom is 0.226 e. The van der Waals surface area contributed by atoms with Gasteiger partial charge >= 0.3 is 0 Å². The summed E-state index contributed by atoms with van der Waals surface area (Å²) >= 11 is 0. The molecule has 0 fully saturated rings. The molecule has 2 N–H and O–H groups in total. The molecule has 1 aromatic rings. The van der Waals surface area contributed by atoms with Gasteiger partial charge in [-0.15, -0.1) is 0 Å². The minimum Gasteiger partial charge on any atom is -0.493 e. The number of carbonyl (C=O) groups excluding carboxylic acids is 1. The van der Waals surface area contributed by atoms with Gasteiger partial charge < -0.3 is 20.1 Å². The SMILES string of the molecule is CCN(CC(C)CN)C(=O)Cc1ccc(OC)c(OC)c1. The number of carbonyl (C=O) groups is 1. The summed E-state index contributed by atoms with van der Waals surface area (Å²) < 4.78 is 10.5. The van der Waals surface area contributed by atoms with Crippen LogP contribution in [0.1, 0.15) is 19.4 Å². The van der Waals surface area contributed by atoms with Crippen LogP contribution in [0.5, 0.6) is 11.5 Å². The number of nitrogens with zero attached hydrogens (tertiary/aromatic N) is 1. The van der Waals surface area contributed by atoms with Crippen molar-refractivity contribution < 1.29 is 14.3 Å². The first-order chi connectivity index (χ1) is 10.0. The van der Waals surface area contributed by atoms with Crippen molar-refractivity contribution >= 4 is 5.91 Å². The number of rotatable bonds is 8. The summed E-state index contributed by atoms with van der Waals surface area (Å²) in [7, 11) is 3.18. The number of hydrogen-bond acceptors (Lipinski definition) is 4. The van der Waals surface area contributed by atoms with E-state index in [0.717, 1.165) is 5.56 Å². The Kier molecular flexibility index (Phi) is 7.02. The third-order valence-electron chi connectivity index (χ3n) is 3.47. The summed E-state index contributed by atoms with van der Waals surface area (Å²) in [6, 6.07) is 5.55. The maximum atomic E-state index is 12.4. The zero-order chi connectivity index (χ0) is 15.8. The molecular weight excluding hydrogens is 268 g/mol. The number of amides is 1. The molecule has 1 amide bonds.